The number of nitrogens with zero attached hydrogens (tertiary/aromatic N) is 4. The van der Waals surface area contributed by atoms with Gasteiger partial charge in [-0.3, -0.25) is 13.7 Å². The third kappa shape index (κ3) is 8.24. The van der Waals surface area contributed by atoms with Gasteiger partial charge in [0.2, 0.25) is 0 Å². The molecule has 1 aliphatic heterocycles. The van der Waals surface area contributed by atoms with Crippen molar-refractivity contribution in [2.45, 2.75) is 78.6 Å². The number of imidazole rings is 1. The molecule has 13 rings (SSSR count). The van der Waals surface area contributed by atoms with Crippen LogP contribution >= 0.6 is 0 Å². The molecule has 376 valence electrons. The number of aromatic nitrogens is 4. The topological polar surface area (TPSA) is 35.9 Å². The highest BCUT2D eigenvalue weighted by molar-refractivity contribution is 6.10. The molecule has 0 radical (unpaired) electrons. The SMILES string of the molecule is [2H]c1c([2H])c([2H])c(-c2cccc3c2-c2cccc(C(C)(C)C)c2-[n+]2[c-]n(-c4cccc(Oc5ccc6c7ccccc7n(-c7cc(C(C)(C)C)ccn7)c6c5)c4)c4cc(-c5ccc(C(C)(C)C)cc5)cc(c42)-c2ccccc2-3)c([2H])c1[2H]. The number of pyridine rings is 1. The minimum Gasteiger partial charge on any atom is -0.458 e. The lowest BCUT2D eigenvalue weighted by Crippen LogP contribution is -2.35. The molecule has 3 aromatic heterocycles. The minimum atomic E-state index is -0.432. The summed E-state index contributed by atoms with van der Waals surface area (Å²) in [6.45, 7) is 20.0. The van der Waals surface area contributed by atoms with Crippen LogP contribution in [0, 0.1) is 6.33 Å². The van der Waals surface area contributed by atoms with Crippen LogP contribution in [0.3, 0.4) is 0 Å². The Labute approximate surface area is 459 Å². The number of rotatable bonds is 6. The van der Waals surface area contributed by atoms with Crippen molar-refractivity contribution in [3.8, 4) is 84.3 Å². The Morgan fingerprint density at radius 1 is 0.481 bits per heavy atom. The number of hydrogen-bond donors (Lipinski definition) is 0. The van der Waals surface area contributed by atoms with E-state index in [4.69, 9.17) is 13.8 Å². The Morgan fingerprint density at radius 3 is 1.91 bits per heavy atom. The summed E-state index contributed by atoms with van der Waals surface area (Å²) in [5, 5.41) is 2.23. The number of fused-ring (bicyclic) bond motifs is 10. The molecule has 0 unspecified atom stereocenters. The normalized spacial score (nSPS) is 13.4. The van der Waals surface area contributed by atoms with E-state index in [1.807, 2.05) is 42.6 Å². The van der Waals surface area contributed by atoms with Crippen molar-refractivity contribution in [3.05, 3.63) is 235 Å². The Balaban J connectivity index is 1.07. The summed E-state index contributed by atoms with van der Waals surface area (Å²) in [6, 6.07) is 59.7. The third-order valence-electron chi connectivity index (χ3n) is 15.3. The van der Waals surface area contributed by atoms with Gasteiger partial charge in [-0.15, -0.1) is 0 Å². The molecule has 77 heavy (non-hydrogen) atoms. The van der Waals surface area contributed by atoms with Gasteiger partial charge >= 0.3 is 0 Å². The maximum Gasteiger partial charge on any atom is 0.269 e. The summed E-state index contributed by atoms with van der Waals surface area (Å²) in [4.78, 5) is 4.92. The first-order chi connectivity index (χ1) is 39.2. The predicted octanol–water partition coefficient (Wildman–Crippen LogP) is 18.5. The van der Waals surface area contributed by atoms with E-state index in [9.17, 15) is 2.74 Å². The van der Waals surface area contributed by atoms with E-state index >= 15 is 0 Å². The van der Waals surface area contributed by atoms with Gasteiger partial charge in [-0.25, -0.2) is 4.98 Å². The summed E-state index contributed by atoms with van der Waals surface area (Å²) in [6.07, 6.45) is 5.87. The second kappa shape index (κ2) is 17.9. The summed E-state index contributed by atoms with van der Waals surface area (Å²) >= 11 is 0. The fourth-order valence-electron chi connectivity index (χ4n) is 11.4. The zero-order valence-electron chi connectivity index (χ0n) is 50.0. The quantitative estimate of drug-likeness (QED) is 0.123. The number of hydrogen-bond acceptors (Lipinski definition) is 2. The molecule has 12 aromatic rings. The van der Waals surface area contributed by atoms with Crippen molar-refractivity contribution in [2.24, 2.45) is 0 Å². The number of ether oxygens (including phenoxy) is 1. The molecule has 5 heteroatoms. The van der Waals surface area contributed by atoms with Gasteiger partial charge in [0.05, 0.1) is 40.3 Å². The van der Waals surface area contributed by atoms with Crippen LogP contribution in [0.15, 0.2) is 212 Å². The standard InChI is InChI=1S/C72H62N4O/c1-70(2,3)49-34-32-46(33-35-49)48-40-61-56-25-14-13-24-55(56)59-28-18-27-54(47-20-11-10-12-21-47)67(59)60-29-19-30-62(72(7,8)9)68(60)75-45-74(65(41-48)69(61)75)51-22-17-23-52(43-51)77-53-36-37-58-57-26-15-16-31-63(57)76(64(58)44-53)66-42-50(38-39-73-66)71(4,5)6/h10-44H,1-9H3/i10D,11D,12D,20D,21D. The monoisotopic (exact) mass is 1000 g/mol. The van der Waals surface area contributed by atoms with Crippen LogP contribution in [-0.4, -0.2) is 14.1 Å². The summed E-state index contributed by atoms with van der Waals surface area (Å²) in [7, 11) is 0. The average molecular weight is 1000 g/mol. The second-order valence-corrected chi connectivity index (χ2v) is 23.5. The Kier molecular flexibility index (Phi) is 9.87. The van der Waals surface area contributed by atoms with Crippen LogP contribution in [0.25, 0.3) is 106 Å². The van der Waals surface area contributed by atoms with E-state index in [0.717, 1.165) is 100 Å². The molecule has 0 bridgehead atoms. The number of para-hydroxylation sites is 2. The first kappa shape index (κ1) is 42.4. The van der Waals surface area contributed by atoms with E-state index in [1.54, 1.807) is 0 Å². The third-order valence-corrected chi connectivity index (χ3v) is 15.3. The molecule has 9 aromatic carbocycles. The largest absolute Gasteiger partial charge is 0.458 e. The maximum atomic E-state index is 9.37. The molecule has 1 aliphatic rings. The smallest absolute Gasteiger partial charge is 0.269 e. The van der Waals surface area contributed by atoms with Gasteiger partial charge < -0.3 is 4.74 Å². The van der Waals surface area contributed by atoms with Crippen LogP contribution in [0.4, 0.5) is 0 Å². The van der Waals surface area contributed by atoms with Crippen LogP contribution in [-0.2, 0) is 16.2 Å². The van der Waals surface area contributed by atoms with Crippen LogP contribution in [0.5, 0.6) is 11.5 Å². The molecule has 0 saturated heterocycles. The summed E-state index contributed by atoms with van der Waals surface area (Å²) in [5.74, 6) is 2.16. The minimum absolute atomic E-state index is 0.0386. The highest BCUT2D eigenvalue weighted by atomic mass is 16.5. The molecule has 0 atom stereocenters. The summed E-state index contributed by atoms with van der Waals surface area (Å²) in [5.41, 5.74) is 16.6. The predicted molar refractivity (Wildman–Crippen MR) is 319 cm³/mol. The lowest BCUT2D eigenvalue weighted by molar-refractivity contribution is -0.572. The molecule has 5 nitrogen and oxygen atoms in total. The molecule has 0 amide bonds. The van der Waals surface area contributed by atoms with Crippen molar-refractivity contribution < 1.29 is 16.2 Å². The summed E-state index contributed by atoms with van der Waals surface area (Å²) < 4.78 is 58.6. The first-order valence-electron chi connectivity index (χ1n) is 29.0. The van der Waals surface area contributed by atoms with E-state index in [1.165, 1.54) is 11.1 Å². The van der Waals surface area contributed by atoms with E-state index in [2.05, 4.69) is 222 Å². The van der Waals surface area contributed by atoms with Gasteiger partial charge in [0.25, 0.3) is 6.33 Å². The van der Waals surface area contributed by atoms with Crippen molar-refractivity contribution in [2.75, 3.05) is 0 Å². The van der Waals surface area contributed by atoms with Crippen LogP contribution < -0.4 is 9.30 Å². The molecular formula is C72H62N4O. The van der Waals surface area contributed by atoms with Crippen molar-refractivity contribution in [1.29, 1.82) is 0 Å². The fourth-order valence-corrected chi connectivity index (χ4v) is 11.4. The van der Waals surface area contributed by atoms with Gasteiger partial charge in [0.1, 0.15) is 17.3 Å². The lowest BCUT2D eigenvalue weighted by Gasteiger charge is -2.27. The molecule has 0 spiro atoms. The molecule has 0 saturated carbocycles. The zero-order chi connectivity index (χ0) is 57.3. The number of benzene rings is 9. The van der Waals surface area contributed by atoms with Crippen LogP contribution in [0.2, 0.25) is 0 Å². The molecule has 0 fully saturated rings. The van der Waals surface area contributed by atoms with Crippen LogP contribution in [0.1, 0.15) is 85.9 Å². The van der Waals surface area contributed by atoms with Gasteiger partial charge in [-0.05, 0) is 143 Å². The Hall–Kier alpha value is -8.80. The fraction of sp³-hybridized carbons (Fsp3) is 0.167. The zero-order valence-corrected chi connectivity index (χ0v) is 45.0. The molecule has 4 heterocycles. The van der Waals surface area contributed by atoms with Crippen molar-refractivity contribution in [3.63, 3.8) is 0 Å². The van der Waals surface area contributed by atoms with Crippen molar-refractivity contribution in [1.82, 2.24) is 14.1 Å². The average Bonchev–Trinajstić information content (AvgIpc) is 2.25. The highest BCUT2D eigenvalue weighted by Gasteiger charge is 2.31. The first-order valence-corrected chi connectivity index (χ1v) is 26.5. The second-order valence-electron chi connectivity index (χ2n) is 23.5. The van der Waals surface area contributed by atoms with Gasteiger partial charge in [0, 0.05) is 23.0 Å². The van der Waals surface area contributed by atoms with Gasteiger partial charge in [-0.2, -0.15) is 0 Å². The maximum absolute atomic E-state index is 9.37. The van der Waals surface area contributed by atoms with E-state index in [0.29, 0.717) is 17.1 Å². The molecular weight excluding hydrogens is 937 g/mol. The van der Waals surface area contributed by atoms with E-state index in [-0.39, 0.29) is 40.6 Å². The lowest BCUT2D eigenvalue weighted by atomic mass is 9.80. The molecule has 0 N–H and O–H groups in total. The highest BCUT2D eigenvalue weighted by Crippen LogP contribution is 2.49. The Bertz CT molecular complexity index is 4580. The Morgan fingerprint density at radius 2 is 1.14 bits per heavy atom. The molecule has 0 aliphatic carbocycles. The van der Waals surface area contributed by atoms with E-state index < -0.39 is 11.5 Å². The van der Waals surface area contributed by atoms with Crippen molar-refractivity contribution >= 4 is 32.8 Å². The van der Waals surface area contributed by atoms with Gasteiger partial charge in [0.15, 0.2) is 0 Å². The van der Waals surface area contributed by atoms with Gasteiger partial charge in [-0.1, -0.05) is 208 Å².